The number of rotatable bonds is 3. The van der Waals surface area contributed by atoms with Crippen molar-refractivity contribution in [2.75, 3.05) is 6.54 Å². The second-order valence-corrected chi connectivity index (χ2v) is 2.51. The van der Waals surface area contributed by atoms with Gasteiger partial charge in [-0.2, -0.15) is 0 Å². The Bertz CT molecular complexity index is 246. The standard InChI is InChI=1S/C9H12N2O/c10-6-9(12)11-7-8-4-2-1-3-5-8/h1-5H,6-7,10H2,(H,11,12)/p+1. The van der Waals surface area contributed by atoms with Crippen LogP contribution in [-0.4, -0.2) is 12.5 Å². The smallest absolute Gasteiger partial charge is 0.275 e. The largest absolute Gasteiger partial charge is 0.350 e. The highest BCUT2D eigenvalue weighted by Gasteiger charge is 1.97. The van der Waals surface area contributed by atoms with E-state index in [0.717, 1.165) is 5.56 Å². The molecule has 0 radical (unpaired) electrons. The minimum Gasteiger partial charge on any atom is -0.350 e. The van der Waals surface area contributed by atoms with E-state index in [1.54, 1.807) is 0 Å². The van der Waals surface area contributed by atoms with Crippen LogP contribution in [0.5, 0.6) is 0 Å². The summed E-state index contributed by atoms with van der Waals surface area (Å²) in [6, 6.07) is 9.80. The first-order valence-corrected chi connectivity index (χ1v) is 3.93. The van der Waals surface area contributed by atoms with Crippen LogP contribution in [0.4, 0.5) is 0 Å². The van der Waals surface area contributed by atoms with Crippen molar-refractivity contribution in [2.45, 2.75) is 6.54 Å². The van der Waals surface area contributed by atoms with Gasteiger partial charge < -0.3 is 11.1 Å². The molecule has 0 aliphatic rings. The Morgan fingerprint density at radius 2 is 2.00 bits per heavy atom. The predicted molar refractivity (Wildman–Crippen MR) is 46.0 cm³/mol. The molecule has 12 heavy (non-hydrogen) atoms. The summed E-state index contributed by atoms with van der Waals surface area (Å²) in [6.45, 7) is 0.891. The quantitative estimate of drug-likeness (QED) is 0.626. The van der Waals surface area contributed by atoms with Crippen LogP contribution in [0, 0.1) is 0 Å². The van der Waals surface area contributed by atoms with Gasteiger partial charge in [0.05, 0.1) is 0 Å². The summed E-state index contributed by atoms with van der Waals surface area (Å²) in [4.78, 5) is 10.8. The summed E-state index contributed by atoms with van der Waals surface area (Å²) in [6.07, 6.45) is 0. The lowest BCUT2D eigenvalue weighted by Gasteiger charge is -2.01. The lowest BCUT2D eigenvalue weighted by Crippen LogP contribution is -2.57. The van der Waals surface area contributed by atoms with Crippen molar-refractivity contribution in [3.63, 3.8) is 0 Å². The molecule has 0 saturated heterocycles. The third kappa shape index (κ3) is 2.72. The molecule has 0 saturated carbocycles. The zero-order valence-corrected chi connectivity index (χ0v) is 6.92. The van der Waals surface area contributed by atoms with E-state index in [4.69, 9.17) is 0 Å². The average Bonchev–Trinajstić information content (AvgIpc) is 2.16. The molecule has 3 nitrogen and oxygen atoms in total. The molecule has 0 aromatic heterocycles. The summed E-state index contributed by atoms with van der Waals surface area (Å²) in [5.41, 5.74) is 4.60. The van der Waals surface area contributed by atoms with Crippen LogP contribution in [0.3, 0.4) is 0 Å². The Hall–Kier alpha value is -1.35. The minimum absolute atomic E-state index is 0.0150. The first kappa shape index (κ1) is 8.74. The third-order valence-corrected chi connectivity index (χ3v) is 1.56. The van der Waals surface area contributed by atoms with Crippen LogP contribution in [0.25, 0.3) is 0 Å². The van der Waals surface area contributed by atoms with Crippen LogP contribution in [0.15, 0.2) is 30.3 Å². The molecule has 0 heterocycles. The highest BCUT2D eigenvalue weighted by molar-refractivity contribution is 5.76. The molecule has 0 bridgehead atoms. The molecule has 0 spiro atoms. The Balaban J connectivity index is 2.38. The zero-order chi connectivity index (χ0) is 8.81. The number of quaternary nitrogens is 1. The number of hydrogen-bond donors (Lipinski definition) is 2. The fourth-order valence-electron chi connectivity index (χ4n) is 0.885. The molecule has 4 N–H and O–H groups in total. The second kappa shape index (κ2) is 4.51. The van der Waals surface area contributed by atoms with Gasteiger partial charge in [-0.05, 0) is 5.56 Å². The Kier molecular flexibility index (Phi) is 3.29. The van der Waals surface area contributed by atoms with Crippen molar-refractivity contribution in [1.82, 2.24) is 5.32 Å². The molecule has 0 atom stereocenters. The number of carbonyl (C=O) groups excluding carboxylic acids is 1. The van der Waals surface area contributed by atoms with Crippen LogP contribution in [-0.2, 0) is 11.3 Å². The van der Waals surface area contributed by atoms with Gasteiger partial charge in [0, 0.05) is 6.54 Å². The fraction of sp³-hybridized carbons (Fsp3) is 0.222. The minimum atomic E-state index is -0.0150. The van der Waals surface area contributed by atoms with Crippen molar-refractivity contribution in [3.8, 4) is 0 Å². The molecule has 1 aromatic rings. The fourth-order valence-corrected chi connectivity index (χ4v) is 0.885. The van der Waals surface area contributed by atoms with Crippen molar-refractivity contribution < 1.29 is 10.5 Å². The van der Waals surface area contributed by atoms with Gasteiger partial charge in [0.15, 0.2) is 6.54 Å². The molecule has 1 rings (SSSR count). The zero-order valence-electron chi connectivity index (χ0n) is 6.92. The maximum atomic E-state index is 10.8. The lowest BCUT2D eigenvalue weighted by atomic mass is 10.2. The first-order valence-electron chi connectivity index (χ1n) is 3.93. The van der Waals surface area contributed by atoms with Gasteiger partial charge in [0.2, 0.25) is 0 Å². The van der Waals surface area contributed by atoms with Gasteiger partial charge in [-0.1, -0.05) is 30.3 Å². The van der Waals surface area contributed by atoms with Crippen molar-refractivity contribution in [2.24, 2.45) is 0 Å². The van der Waals surface area contributed by atoms with Gasteiger partial charge in [0.25, 0.3) is 5.91 Å². The van der Waals surface area contributed by atoms with E-state index in [0.29, 0.717) is 13.1 Å². The van der Waals surface area contributed by atoms with Gasteiger partial charge in [0.1, 0.15) is 0 Å². The lowest BCUT2D eigenvalue weighted by molar-refractivity contribution is -0.355. The Labute approximate surface area is 71.6 Å². The van der Waals surface area contributed by atoms with Crippen LogP contribution in [0.1, 0.15) is 5.56 Å². The predicted octanol–water partition coefficient (Wildman–Crippen LogP) is -0.455. The van der Waals surface area contributed by atoms with Crippen molar-refractivity contribution in [3.05, 3.63) is 35.9 Å². The normalized spacial score (nSPS) is 9.42. The monoisotopic (exact) mass is 165 g/mol. The van der Waals surface area contributed by atoms with E-state index in [1.807, 2.05) is 30.3 Å². The highest BCUT2D eigenvalue weighted by Crippen LogP contribution is 1.96. The molecule has 1 aromatic carbocycles. The summed E-state index contributed by atoms with van der Waals surface area (Å²) in [5.74, 6) is -0.0150. The molecule has 0 aliphatic carbocycles. The molecule has 0 unspecified atom stereocenters. The topological polar surface area (TPSA) is 56.7 Å². The number of nitrogens with one attached hydrogen (secondary N) is 1. The van der Waals surface area contributed by atoms with Crippen LogP contribution >= 0.6 is 0 Å². The van der Waals surface area contributed by atoms with Crippen LogP contribution in [0.2, 0.25) is 0 Å². The number of hydrogen-bond acceptors (Lipinski definition) is 1. The van der Waals surface area contributed by atoms with Gasteiger partial charge in [-0.3, -0.25) is 4.79 Å². The van der Waals surface area contributed by atoms with E-state index in [1.165, 1.54) is 0 Å². The van der Waals surface area contributed by atoms with Crippen LogP contribution < -0.4 is 11.1 Å². The maximum absolute atomic E-state index is 10.8. The summed E-state index contributed by atoms with van der Waals surface area (Å²) < 4.78 is 0. The van der Waals surface area contributed by atoms with E-state index >= 15 is 0 Å². The number of amides is 1. The third-order valence-electron chi connectivity index (χ3n) is 1.56. The average molecular weight is 165 g/mol. The summed E-state index contributed by atoms with van der Waals surface area (Å²) in [5, 5.41) is 2.75. The Morgan fingerprint density at radius 1 is 1.33 bits per heavy atom. The van der Waals surface area contributed by atoms with Crippen molar-refractivity contribution >= 4 is 5.91 Å². The van der Waals surface area contributed by atoms with E-state index in [-0.39, 0.29) is 5.91 Å². The molecule has 1 amide bonds. The Morgan fingerprint density at radius 3 is 2.58 bits per heavy atom. The van der Waals surface area contributed by atoms with E-state index in [9.17, 15) is 4.79 Å². The molecule has 0 aliphatic heterocycles. The summed E-state index contributed by atoms with van der Waals surface area (Å²) in [7, 11) is 0. The van der Waals surface area contributed by atoms with E-state index in [2.05, 4.69) is 11.1 Å². The van der Waals surface area contributed by atoms with Gasteiger partial charge in [-0.25, -0.2) is 0 Å². The number of benzene rings is 1. The number of carbonyl (C=O) groups is 1. The highest BCUT2D eigenvalue weighted by atomic mass is 16.1. The second-order valence-electron chi connectivity index (χ2n) is 2.51. The molecule has 64 valence electrons. The van der Waals surface area contributed by atoms with E-state index < -0.39 is 0 Å². The maximum Gasteiger partial charge on any atom is 0.275 e. The molecule has 3 heteroatoms. The first-order chi connectivity index (χ1) is 5.83. The molecular formula is C9H13N2O+. The van der Waals surface area contributed by atoms with Gasteiger partial charge >= 0.3 is 0 Å². The molecular weight excluding hydrogens is 152 g/mol. The van der Waals surface area contributed by atoms with Crippen molar-refractivity contribution in [1.29, 1.82) is 0 Å². The molecule has 0 fully saturated rings. The SMILES string of the molecule is [NH3+]CC(=O)NCc1ccccc1. The van der Waals surface area contributed by atoms with Gasteiger partial charge in [-0.15, -0.1) is 0 Å². The summed E-state index contributed by atoms with van der Waals surface area (Å²) >= 11 is 0.